The van der Waals surface area contributed by atoms with Crippen molar-refractivity contribution in [2.24, 2.45) is 0 Å². The van der Waals surface area contributed by atoms with Crippen LogP contribution >= 0.6 is 11.3 Å². The lowest BCUT2D eigenvalue weighted by Crippen LogP contribution is -2.20. The first-order chi connectivity index (χ1) is 10.6. The van der Waals surface area contributed by atoms with Crippen molar-refractivity contribution in [1.29, 1.82) is 0 Å². The van der Waals surface area contributed by atoms with E-state index in [1.54, 1.807) is 13.0 Å². The van der Waals surface area contributed by atoms with Crippen molar-refractivity contribution in [2.75, 3.05) is 6.61 Å². The summed E-state index contributed by atoms with van der Waals surface area (Å²) in [5, 5.41) is 1.82. The third kappa shape index (κ3) is 4.11. The minimum Gasteiger partial charge on any atom is -0.460 e. The molecule has 114 valence electrons. The second-order valence-corrected chi connectivity index (χ2v) is 5.66. The molecule has 0 N–H and O–H groups in total. The van der Waals surface area contributed by atoms with Gasteiger partial charge in [0.05, 0.1) is 13.0 Å². The molecule has 22 heavy (non-hydrogen) atoms. The predicted octanol–water partition coefficient (Wildman–Crippen LogP) is 3.04. The number of hydrogen-bond donors (Lipinski definition) is 0. The number of ketones is 2. The average molecular weight is 316 g/mol. The molecule has 0 unspecified atom stereocenters. The summed E-state index contributed by atoms with van der Waals surface area (Å²) >= 11 is 1.47. The fourth-order valence-corrected chi connectivity index (χ4v) is 2.96. The molecule has 0 aliphatic carbocycles. The Morgan fingerprint density at radius 2 is 1.82 bits per heavy atom. The van der Waals surface area contributed by atoms with Crippen molar-refractivity contribution in [1.82, 2.24) is 0 Å². The Bertz CT molecular complexity index is 673. The van der Waals surface area contributed by atoms with Gasteiger partial charge in [-0.1, -0.05) is 30.3 Å². The number of rotatable bonds is 7. The highest BCUT2D eigenvalue weighted by molar-refractivity contribution is 7.10. The smallest absolute Gasteiger partial charge is 0.375 e. The molecule has 5 heteroatoms. The van der Waals surface area contributed by atoms with Crippen LogP contribution in [0.15, 0.2) is 41.8 Å². The zero-order valence-electron chi connectivity index (χ0n) is 12.2. The molecule has 0 saturated carbocycles. The van der Waals surface area contributed by atoms with Gasteiger partial charge >= 0.3 is 5.97 Å². The summed E-state index contributed by atoms with van der Waals surface area (Å²) < 4.78 is 4.61. The van der Waals surface area contributed by atoms with E-state index in [0.29, 0.717) is 12.0 Å². The summed E-state index contributed by atoms with van der Waals surface area (Å²) in [4.78, 5) is 36.0. The highest BCUT2D eigenvalue weighted by Gasteiger charge is 2.22. The predicted molar refractivity (Wildman–Crippen MR) is 84.2 cm³/mol. The van der Waals surface area contributed by atoms with Crippen LogP contribution in [-0.2, 0) is 20.7 Å². The summed E-state index contributed by atoms with van der Waals surface area (Å²) in [6.07, 6.45) is 0.185. The van der Waals surface area contributed by atoms with Crippen molar-refractivity contribution in [3.63, 3.8) is 0 Å². The summed E-state index contributed by atoms with van der Waals surface area (Å²) in [5.74, 6) is -2.09. The van der Waals surface area contributed by atoms with Crippen molar-refractivity contribution >= 4 is 28.9 Å². The van der Waals surface area contributed by atoms with Crippen LogP contribution in [-0.4, -0.2) is 24.1 Å². The van der Waals surface area contributed by atoms with Gasteiger partial charge in [-0.2, -0.15) is 0 Å². The van der Waals surface area contributed by atoms with Crippen LogP contribution in [0.3, 0.4) is 0 Å². The third-order valence-corrected chi connectivity index (χ3v) is 4.00. The van der Waals surface area contributed by atoms with Crippen LogP contribution in [0.5, 0.6) is 0 Å². The molecule has 0 fully saturated rings. The zero-order valence-corrected chi connectivity index (χ0v) is 13.0. The van der Waals surface area contributed by atoms with Crippen molar-refractivity contribution in [2.45, 2.75) is 19.8 Å². The molecule has 0 aliphatic heterocycles. The van der Waals surface area contributed by atoms with E-state index in [4.69, 9.17) is 0 Å². The first kappa shape index (κ1) is 16.1. The maximum atomic E-state index is 12.2. The fraction of sp³-hybridized carbons (Fsp3) is 0.235. The first-order valence-electron chi connectivity index (χ1n) is 6.95. The number of carbonyl (C=O) groups excluding carboxylic acids is 3. The molecule has 0 radical (unpaired) electrons. The Labute approximate surface area is 132 Å². The van der Waals surface area contributed by atoms with Gasteiger partial charge in [0.15, 0.2) is 5.78 Å². The molecule has 1 aromatic carbocycles. The number of hydrogen-bond acceptors (Lipinski definition) is 5. The summed E-state index contributed by atoms with van der Waals surface area (Å²) in [5.41, 5.74) is 1.60. The molecule has 2 rings (SSSR count). The molecular weight excluding hydrogens is 300 g/mol. The summed E-state index contributed by atoms with van der Waals surface area (Å²) in [6.45, 7) is 1.74. The van der Waals surface area contributed by atoms with Gasteiger partial charge in [0.2, 0.25) is 5.78 Å². The number of Topliss-reactive ketones (excluding diaryl/α,β-unsaturated/α-hetero) is 2. The standard InChI is InChI=1S/C17H16O4S/c1-2-21-17(20)15(19)11-14(18)13-8-9-22-16(13)10-12-6-4-3-5-7-12/h3-9H,2,10-11H2,1H3. The molecule has 0 aliphatic rings. The average Bonchev–Trinajstić information content (AvgIpc) is 2.96. The Balaban J connectivity index is 2.07. The minimum atomic E-state index is -0.948. The van der Waals surface area contributed by atoms with Crippen molar-refractivity contribution in [3.8, 4) is 0 Å². The molecule has 0 atom stereocenters. The van der Waals surface area contributed by atoms with E-state index in [1.165, 1.54) is 11.3 Å². The molecule has 4 nitrogen and oxygen atoms in total. The van der Waals surface area contributed by atoms with Gasteiger partial charge in [-0.15, -0.1) is 11.3 Å². The molecule has 0 saturated heterocycles. The molecular formula is C17H16O4S. The highest BCUT2D eigenvalue weighted by Crippen LogP contribution is 2.22. The van der Waals surface area contributed by atoms with Crippen LogP contribution in [0, 0.1) is 0 Å². The number of benzene rings is 1. The monoisotopic (exact) mass is 316 g/mol. The van der Waals surface area contributed by atoms with Gasteiger partial charge in [-0.05, 0) is 23.9 Å². The van der Waals surface area contributed by atoms with E-state index in [-0.39, 0.29) is 12.4 Å². The largest absolute Gasteiger partial charge is 0.460 e. The van der Waals surface area contributed by atoms with Crippen LogP contribution in [0.25, 0.3) is 0 Å². The molecule has 0 amide bonds. The van der Waals surface area contributed by atoms with Crippen LogP contribution in [0.4, 0.5) is 0 Å². The van der Waals surface area contributed by atoms with Gasteiger partial charge in [-0.3, -0.25) is 9.59 Å². The Kier molecular flexibility index (Phi) is 5.61. The Morgan fingerprint density at radius 1 is 1.09 bits per heavy atom. The second kappa shape index (κ2) is 7.66. The minimum absolute atomic E-state index is 0.122. The first-order valence-corrected chi connectivity index (χ1v) is 7.83. The van der Waals surface area contributed by atoms with Crippen LogP contribution < -0.4 is 0 Å². The zero-order chi connectivity index (χ0) is 15.9. The van der Waals surface area contributed by atoms with Gasteiger partial charge in [0.25, 0.3) is 0 Å². The van der Waals surface area contributed by atoms with E-state index < -0.39 is 18.2 Å². The Hall–Kier alpha value is -2.27. The maximum Gasteiger partial charge on any atom is 0.375 e. The highest BCUT2D eigenvalue weighted by atomic mass is 32.1. The summed E-state index contributed by atoms with van der Waals surface area (Å²) in [6, 6.07) is 11.5. The van der Waals surface area contributed by atoms with Crippen LogP contribution in [0.2, 0.25) is 0 Å². The van der Waals surface area contributed by atoms with Gasteiger partial charge < -0.3 is 4.74 Å². The number of esters is 1. The molecule has 0 spiro atoms. The van der Waals surface area contributed by atoms with E-state index in [0.717, 1.165) is 10.4 Å². The molecule has 1 heterocycles. The van der Waals surface area contributed by atoms with Gasteiger partial charge in [0.1, 0.15) is 0 Å². The van der Waals surface area contributed by atoms with Gasteiger partial charge in [0, 0.05) is 16.9 Å². The molecule has 0 bridgehead atoms. The lowest BCUT2D eigenvalue weighted by molar-refractivity contribution is -0.153. The van der Waals surface area contributed by atoms with Crippen molar-refractivity contribution in [3.05, 3.63) is 57.8 Å². The van der Waals surface area contributed by atoms with E-state index in [2.05, 4.69) is 4.74 Å². The lowest BCUT2D eigenvalue weighted by atomic mass is 10.0. The second-order valence-electron chi connectivity index (χ2n) is 4.66. The molecule has 2 aromatic rings. The SMILES string of the molecule is CCOC(=O)C(=O)CC(=O)c1ccsc1Cc1ccccc1. The van der Waals surface area contributed by atoms with Gasteiger partial charge in [-0.25, -0.2) is 4.79 Å². The summed E-state index contributed by atoms with van der Waals surface area (Å²) in [7, 11) is 0. The topological polar surface area (TPSA) is 60.4 Å². The molecule has 1 aromatic heterocycles. The fourth-order valence-electron chi connectivity index (χ4n) is 2.03. The number of ether oxygens (including phenoxy) is 1. The van der Waals surface area contributed by atoms with E-state index in [9.17, 15) is 14.4 Å². The number of thiophene rings is 1. The quantitative estimate of drug-likeness (QED) is 0.341. The normalized spacial score (nSPS) is 10.2. The van der Waals surface area contributed by atoms with E-state index >= 15 is 0 Å². The maximum absolute atomic E-state index is 12.2. The van der Waals surface area contributed by atoms with Crippen molar-refractivity contribution < 1.29 is 19.1 Å². The Morgan fingerprint density at radius 3 is 2.50 bits per heavy atom. The lowest BCUT2D eigenvalue weighted by Gasteiger charge is -2.04. The van der Waals surface area contributed by atoms with E-state index in [1.807, 2.05) is 35.7 Å². The van der Waals surface area contributed by atoms with Crippen LogP contribution in [0.1, 0.15) is 34.1 Å². The number of carbonyl (C=O) groups is 3. The third-order valence-electron chi connectivity index (χ3n) is 3.08.